The second-order valence-electron chi connectivity index (χ2n) is 8.86. The van der Waals surface area contributed by atoms with Crippen LogP contribution >= 0.6 is 11.3 Å². The second-order valence-corrected chi connectivity index (χ2v) is 9.80. The summed E-state index contributed by atoms with van der Waals surface area (Å²) in [5.74, 6) is 1.16. The summed E-state index contributed by atoms with van der Waals surface area (Å²) in [7, 11) is 0. The minimum atomic E-state index is -0.239. The first-order valence-electron chi connectivity index (χ1n) is 11.9. The van der Waals surface area contributed by atoms with Crippen LogP contribution in [0.5, 0.6) is 0 Å². The van der Waals surface area contributed by atoms with Gasteiger partial charge in [-0.25, -0.2) is 15.0 Å². The van der Waals surface area contributed by atoms with Gasteiger partial charge in [0.05, 0.1) is 29.0 Å². The number of benzene rings is 2. The van der Waals surface area contributed by atoms with E-state index in [0.29, 0.717) is 22.9 Å². The van der Waals surface area contributed by atoms with Crippen molar-refractivity contribution in [3.05, 3.63) is 89.8 Å². The highest BCUT2D eigenvalue weighted by Crippen LogP contribution is 2.30. The molecule has 0 radical (unpaired) electrons. The third-order valence-corrected chi connectivity index (χ3v) is 6.85. The molecule has 0 atom stereocenters. The fourth-order valence-corrected chi connectivity index (χ4v) is 4.87. The number of aromatic nitrogens is 4. The molecule has 3 heterocycles. The lowest BCUT2D eigenvalue weighted by atomic mass is 10.1. The minimum Gasteiger partial charge on any atom is -0.397 e. The van der Waals surface area contributed by atoms with E-state index >= 15 is 0 Å². The highest BCUT2D eigenvalue weighted by molar-refractivity contribution is 7.13. The van der Waals surface area contributed by atoms with Crippen LogP contribution in [0.2, 0.25) is 0 Å². The largest absolute Gasteiger partial charge is 0.397 e. The van der Waals surface area contributed by atoms with Gasteiger partial charge in [0, 0.05) is 28.4 Å². The number of imidazole rings is 1. The van der Waals surface area contributed by atoms with Gasteiger partial charge in [-0.3, -0.25) is 4.79 Å². The molecule has 9 heteroatoms. The van der Waals surface area contributed by atoms with E-state index in [0.717, 1.165) is 33.3 Å². The average molecular weight is 510 g/mol. The average Bonchev–Trinajstić information content (AvgIpc) is 3.56. The van der Waals surface area contributed by atoms with Gasteiger partial charge in [0.15, 0.2) is 0 Å². The van der Waals surface area contributed by atoms with Gasteiger partial charge in [-0.15, -0.1) is 11.3 Å². The maximum Gasteiger partial charge on any atom is 0.255 e. The minimum absolute atomic E-state index is 0.239. The molecule has 0 unspecified atom stereocenters. The Hall–Kier alpha value is -4.50. The van der Waals surface area contributed by atoms with E-state index < -0.39 is 0 Å². The van der Waals surface area contributed by atoms with E-state index in [1.54, 1.807) is 35.7 Å². The van der Waals surface area contributed by atoms with Crippen molar-refractivity contribution in [1.29, 1.82) is 0 Å². The number of hydrogen-bond donors (Lipinski definition) is 3. The van der Waals surface area contributed by atoms with Crippen LogP contribution in [0.4, 0.5) is 23.0 Å². The summed E-state index contributed by atoms with van der Waals surface area (Å²) < 4.78 is 2.14. The molecular weight excluding hydrogens is 482 g/mol. The standard InChI is InChI=1S/C28H27N7OS/c1-17(2)35-18(3)31-16-25(35)23-12-13-30-28(34-23)32-21-9-6-19(7-10-21)27(36)33-24-15-20(8-11-22(24)29)26-5-4-14-37-26/h4-17H,29H2,1-3H3,(H,33,36)(H,30,32,34). The lowest BCUT2D eigenvalue weighted by Crippen LogP contribution is -2.13. The molecule has 0 aliphatic rings. The molecule has 0 spiro atoms. The summed E-state index contributed by atoms with van der Waals surface area (Å²) >= 11 is 1.64. The molecule has 186 valence electrons. The Morgan fingerprint density at radius 2 is 1.86 bits per heavy atom. The van der Waals surface area contributed by atoms with Crippen molar-refractivity contribution in [2.24, 2.45) is 0 Å². The van der Waals surface area contributed by atoms with Crippen LogP contribution in [0.25, 0.3) is 21.8 Å². The van der Waals surface area contributed by atoms with Gasteiger partial charge in [-0.2, -0.15) is 0 Å². The molecule has 0 bridgehead atoms. The third kappa shape index (κ3) is 5.22. The van der Waals surface area contributed by atoms with Crippen molar-refractivity contribution >= 4 is 40.3 Å². The van der Waals surface area contributed by atoms with Gasteiger partial charge in [-0.05, 0) is 80.2 Å². The number of aryl methyl sites for hydroxylation is 1. The Morgan fingerprint density at radius 1 is 1.05 bits per heavy atom. The number of carbonyl (C=O) groups excluding carboxylic acids is 1. The highest BCUT2D eigenvalue weighted by Gasteiger charge is 2.14. The molecule has 0 saturated carbocycles. The number of rotatable bonds is 7. The number of anilines is 4. The molecule has 0 aliphatic heterocycles. The fraction of sp³-hybridized carbons (Fsp3) is 0.143. The molecule has 5 rings (SSSR count). The number of hydrogen-bond acceptors (Lipinski definition) is 7. The van der Waals surface area contributed by atoms with Gasteiger partial charge in [0.1, 0.15) is 5.82 Å². The number of nitrogens with zero attached hydrogens (tertiary/aromatic N) is 4. The first-order chi connectivity index (χ1) is 17.9. The van der Waals surface area contributed by atoms with Gasteiger partial charge in [-0.1, -0.05) is 12.1 Å². The lowest BCUT2D eigenvalue weighted by molar-refractivity contribution is 0.102. The third-order valence-electron chi connectivity index (χ3n) is 5.93. The van der Waals surface area contributed by atoms with Crippen molar-refractivity contribution in [3.8, 4) is 21.8 Å². The molecule has 0 saturated heterocycles. The first kappa shape index (κ1) is 24.2. The Kier molecular flexibility index (Phi) is 6.70. The van der Waals surface area contributed by atoms with Crippen molar-refractivity contribution in [1.82, 2.24) is 19.5 Å². The number of nitrogens with two attached hydrogens (primary N) is 1. The maximum absolute atomic E-state index is 12.9. The first-order valence-corrected chi connectivity index (χ1v) is 12.8. The quantitative estimate of drug-likeness (QED) is 0.215. The van der Waals surface area contributed by atoms with Gasteiger partial charge in [0.25, 0.3) is 5.91 Å². The number of nitrogen functional groups attached to an aromatic ring is 1. The summed E-state index contributed by atoms with van der Waals surface area (Å²) in [6.07, 6.45) is 3.55. The smallest absolute Gasteiger partial charge is 0.255 e. The number of amides is 1. The van der Waals surface area contributed by atoms with E-state index in [-0.39, 0.29) is 11.9 Å². The summed E-state index contributed by atoms with van der Waals surface area (Å²) in [4.78, 5) is 27.5. The Bertz CT molecular complexity index is 1540. The topological polar surface area (TPSA) is 111 Å². The number of carbonyl (C=O) groups is 1. The van der Waals surface area contributed by atoms with E-state index in [1.807, 2.05) is 61.0 Å². The zero-order valence-corrected chi connectivity index (χ0v) is 21.6. The Balaban J connectivity index is 1.30. The second kappa shape index (κ2) is 10.2. The number of thiophene rings is 1. The summed E-state index contributed by atoms with van der Waals surface area (Å²) in [6.45, 7) is 6.21. The van der Waals surface area contributed by atoms with Gasteiger partial charge < -0.3 is 20.9 Å². The van der Waals surface area contributed by atoms with Gasteiger partial charge >= 0.3 is 0 Å². The Morgan fingerprint density at radius 3 is 2.59 bits per heavy atom. The van der Waals surface area contributed by atoms with E-state index in [1.165, 1.54) is 0 Å². The molecule has 2 aromatic carbocycles. The predicted octanol–water partition coefficient (Wildman–Crippen LogP) is 6.54. The van der Waals surface area contributed by atoms with Crippen molar-refractivity contribution in [3.63, 3.8) is 0 Å². The van der Waals surface area contributed by atoms with Crippen molar-refractivity contribution < 1.29 is 4.79 Å². The maximum atomic E-state index is 12.9. The molecule has 0 fully saturated rings. The van der Waals surface area contributed by atoms with Crippen molar-refractivity contribution in [2.45, 2.75) is 26.8 Å². The van der Waals surface area contributed by atoms with Crippen LogP contribution in [0.1, 0.15) is 36.1 Å². The molecule has 37 heavy (non-hydrogen) atoms. The molecule has 0 aliphatic carbocycles. The highest BCUT2D eigenvalue weighted by atomic mass is 32.1. The van der Waals surface area contributed by atoms with Crippen LogP contribution in [0.15, 0.2) is 78.4 Å². The number of nitrogens with one attached hydrogen (secondary N) is 2. The molecule has 1 amide bonds. The van der Waals surface area contributed by atoms with Crippen LogP contribution in [0.3, 0.4) is 0 Å². The molecule has 8 nitrogen and oxygen atoms in total. The van der Waals surface area contributed by atoms with E-state index in [4.69, 9.17) is 5.73 Å². The normalized spacial score (nSPS) is 11.0. The van der Waals surface area contributed by atoms with Crippen LogP contribution in [0, 0.1) is 6.92 Å². The molecule has 5 aromatic rings. The van der Waals surface area contributed by atoms with Crippen LogP contribution < -0.4 is 16.4 Å². The predicted molar refractivity (Wildman–Crippen MR) is 150 cm³/mol. The molecule has 3 aromatic heterocycles. The van der Waals surface area contributed by atoms with Gasteiger partial charge in [0.2, 0.25) is 5.95 Å². The monoisotopic (exact) mass is 509 g/mol. The fourth-order valence-electron chi connectivity index (χ4n) is 4.15. The Labute approximate surface area is 219 Å². The summed E-state index contributed by atoms with van der Waals surface area (Å²) in [5, 5.41) is 8.16. The SMILES string of the molecule is Cc1ncc(-c2ccnc(Nc3ccc(C(=O)Nc4cc(-c5cccs5)ccc4N)cc3)n2)n1C(C)C. The van der Waals surface area contributed by atoms with Crippen LogP contribution in [-0.2, 0) is 0 Å². The molecular formula is C28H27N7OS. The summed E-state index contributed by atoms with van der Waals surface area (Å²) in [5.41, 5.74) is 11.2. The van der Waals surface area contributed by atoms with E-state index in [9.17, 15) is 4.79 Å². The molecule has 4 N–H and O–H groups in total. The zero-order chi connectivity index (χ0) is 25.9. The van der Waals surface area contributed by atoms with E-state index in [2.05, 4.69) is 44.0 Å². The lowest BCUT2D eigenvalue weighted by Gasteiger charge is -2.14. The van der Waals surface area contributed by atoms with Crippen molar-refractivity contribution in [2.75, 3.05) is 16.4 Å². The summed E-state index contributed by atoms with van der Waals surface area (Å²) in [6, 6.07) is 18.9. The van der Waals surface area contributed by atoms with Crippen LogP contribution in [-0.4, -0.2) is 25.4 Å². The zero-order valence-electron chi connectivity index (χ0n) is 20.8.